The minimum Gasteiger partial charge on any atom is -0.497 e. The highest BCUT2D eigenvalue weighted by Gasteiger charge is 2.22. The lowest BCUT2D eigenvalue weighted by Crippen LogP contribution is -2.48. The van der Waals surface area contributed by atoms with Crippen LogP contribution in [-0.4, -0.2) is 52.5 Å². The Bertz CT molecular complexity index is 1160. The molecule has 1 aliphatic rings. The summed E-state index contributed by atoms with van der Waals surface area (Å²) in [5.41, 5.74) is 2.09. The molecule has 0 spiro atoms. The lowest BCUT2D eigenvalue weighted by atomic mass is 10.1. The SMILES string of the molecule is COc1ccc(S(=O)(=O)Nc2ccc(C(=O)N3CCN(c4ccccc4)CC3)cc2)cc1. The van der Waals surface area contributed by atoms with Crippen LogP contribution < -0.4 is 14.4 Å². The number of piperazine rings is 1. The van der Waals surface area contributed by atoms with Crippen LogP contribution in [0.3, 0.4) is 0 Å². The van der Waals surface area contributed by atoms with Crippen LogP contribution in [0.1, 0.15) is 10.4 Å². The van der Waals surface area contributed by atoms with Crippen LogP contribution in [0.25, 0.3) is 0 Å². The standard InChI is InChI=1S/C24H25N3O4S/c1-31-22-11-13-23(14-12-22)32(29,30)25-20-9-7-19(8-10-20)24(28)27-17-15-26(16-18-27)21-5-3-2-4-6-21/h2-14,25H,15-18H2,1H3. The Kier molecular flexibility index (Phi) is 6.32. The highest BCUT2D eigenvalue weighted by Crippen LogP contribution is 2.21. The summed E-state index contributed by atoms with van der Waals surface area (Å²) in [6.07, 6.45) is 0. The largest absolute Gasteiger partial charge is 0.497 e. The Morgan fingerprint density at radius 3 is 2.06 bits per heavy atom. The maximum atomic E-state index is 12.9. The number of carbonyl (C=O) groups excluding carboxylic acids is 1. The monoisotopic (exact) mass is 451 g/mol. The minimum atomic E-state index is -3.73. The first kappa shape index (κ1) is 21.7. The predicted molar refractivity (Wildman–Crippen MR) is 125 cm³/mol. The van der Waals surface area contributed by atoms with Crippen LogP contribution >= 0.6 is 0 Å². The first-order chi connectivity index (χ1) is 15.5. The van der Waals surface area contributed by atoms with Gasteiger partial charge in [0.05, 0.1) is 12.0 Å². The van der Waals surface area contributed by atoms with Gasteiger partial charge in [0.25, 0.3) is 15.9 Å². The van der Waals surface area contributed by atoms with E-state index in [1.807, 2.05) is 23.1 Å². The number of hydrogen-bond donors (Lipinski definition) is 1. The predicted octanol–water partition coefficient (Wildman–Crippen LogP) is 3.46. The number of nitrogens with zero attached hydrogens (tertiary/aromatic N) is 2. The highest BCUT2D eigenvalue weighted by atomic mass is 32.2. The van der Waals surface area contributed by atoms with Gasteiger partial charge < -0.3 is 14.5 Å². The molecule has 1 N–H and O–H groups in total. The Balaban J connectivity index is 1.37. The normalized spacial score (nSPS) is 14.2. The second-order valence-corrected chi connectivity index (χ2v) is 9.16. The van der Waals surface area contributed by atoms with Crippen LogP contribution in [0.4, 0.5) is 11.4 Å². The fourth-order valence-electron chi connectivity index (χ4n) is 3.64. The van der Waals surface area contributed by atoms with Crippen molar-refractivity contribution in [3.63, 3.8) is 0 Å². The lowest BCUT2D eigenvalue weighted by Gasteiger charge is -2.36. The first-order valence-corrected chi connectivity index (χ1v) is 11.8. The average molecular weight is 452 g/mol. The molecule has 166 valence electrons. The summed E-state index contributed by atoms with van der Waals surface area (Å²) < 4.78 is 32.8. The zero-order valence-corrected chi connectivity index (χ0v) is 18.6. The van der Waals surface area contributed by atoms with E-state index in [9.17, 15) is 13.2 Å². The van der Waals surface area contributed by atoms with Crippen molar-refractivity contribution in [1.82, 2.24) is 4.90 Å². The van der Waals surface area contributed by atoms with Crippen molar-refractivity contribution >= 4 is 27.3 Å². The number of ether oxygens (including phenoxy) is 1. The molecule has 1 fully saturated rings. The highest BCUT2D eigenvalue weighted by molar-refractivity contribution is 7.92. The number of carbonyl (C=O) groups is 1. The number of para-hydroxylation sites is 1. The summed E-state index contributed by atoms with van der Waals surface area (Å²) in [6, 6.07) is 22.8. The van der Waals surface area contributed by atoms with Crippen LogP contribution in [0, 0.1) is 0 Å². The van der Waals surface area contributed by atoms with Gasteiger partial charge in [-0.1, -0.05) is 18.2 Å². The fraction of sp³-hybridized carbons (Fsp3) is 0.208. The molecule has 3 aromatic carbocycles. The number of sulfonamides is 1. The Hall–Kier alpha value is -3.52. The van der Waals surface area contributed by atoms with E-state index < -0.39 is 10.0 Å². The van der Waals surface area contributed by atoms with Gasteiger partial charge in [0, 0.05) is 43.1 Å². The molecular weight excluding hydrogens is 426 g/mol. The molecule has 0 aromatic heterocycles. The summed E-state index contributed by atoms with van der Waals surface area (Å²) >= 11 is 0. The molecule has 3 aromatic rings. The van der Waals surface area contributed by atoms with E-state index in [1.165, 1.54) is 19.2 Å². The van der Waals surface area contributed by atoms with E-state index in [0.717, 1.165) is 18.8 Å². The third-order valence-electron chi connectivity index (χ3n) is 5.44. The molecule has 1 amide bonds. The van der Waals surface area contributed by atoms with Crippen molar-refractivity contribution in [2.75, 3.05) is 42.9 Å². The number of hydrogen-bond acceptors (Lipinski definition) is 5. The van der Waals surface area contributed by atoms with Gasteiger partial charge in [-0.2, -0.15) is 0 Å². The van der Waals surface area contributed by atoms with Crippen molar-refractivity contribution < 1.29 is 17.9 Å². The molecule has 0 bridgehead atoms. The quantitative estimate of drug-likeness (QED) is 0.621. The molecule has 0 aliphatic carbocycles. The molecular formula is C24H25N3O4S. The van der Waals surface area contributed by atoms with Gasteiger partial charge >= 0.3 is 0 Å². The van der Waals surface area contributed by atoms with Gasteiger partial charge in [0.2, 0.25) is 0 Å². The smallest absolute Gasteiger partial charge is 0.261 e. The van der Waals surface area contributed by atoms with Crippen molar-refractivity contribution in [2.24, 2.45) is 0 Å². The number of amides is 1. The molecule has 0 radical (unpaired) electrons. The van der Waals surface area contributed by atoms with Crippen LogP contribution in [-0.2, 0) is 10.0 Å². The van der Waals surface area contributed by atoms with Crippen molar-refractivity contribution in [2.45, 2.75) is 4.90 Å². The average Bonchev–Trinajstić information content (AvgIpc) is 2.84. The molecule has 4 rings (SSSR count). The summed E-state index contributed by atoms with van der Waals surface area (Å²) in [7, 11) is -2.21. The summed E-state index contributed by atoms with van der Waals surface area (Å²) in [5, 5.41) is 0. The molecule has 8 heteroatoms. The van der Waals surface area contributed by atoms with Crippen molar-refractivity contribution in [3.8, 4) is 5.75 Å². The summed E-state index contributed by atoms with van der Waals surface area (Å²) in [5.74, 6) is 0.527. The van der Waals surface area contributed by atoms with Crippen LogP contribution in [0.15, 0.2) is 83.8 Å². The number of benzene rings is 3. The van der Waals surface area contributed by atoms with Gasteiger partial charge in [-0.25, -0.2) is 8.42 Å². The Morgan fingerprint density at radius 2 is 1.47 bits per heavy atom. The van der Waals surface area contributed by atoms with Crippen molar-refractivity contribution in [3.05, 3.63) is 84.4 Å². The van der Waals surface area contributed by atoms with E-state index in [0.29, 0.717) is 30.1 Å². The topological polar surface area (TPSA) is 78.9 Å². The maximum absolute atomic E-state index is 12.9. The summed E-state index contributed by atoms with van der Waals surface area (Å²) in [4.78, 5) is 17.1. The number of rotatable bonds is 6. The van der Waals surface area contributed by atoms with Gasteiger partial charge in [0.15, 0.2) is 0 Å². The molecule has 0 saturated carbocycles. The zero-order valence-electron chi connectivity index (χ0n) is 17.8. The zero-order chi connectivity index (χ0) is 22.6. The number of anilines is 2. The van der Waals surface area contributed by atoms with Gasteiger partial charge in [0.1, 0.15) is 5.75 Å². The maximum Gasteiger partial charge on any atom is 0.261 e. The third-order valence-corrected chi connectivity index (χ3v) is 6.84. The van der Waals surface area contributed by atoms with E-state index >= 15 is 0 Å². The first-order valence-electron chi connectivity index (χ1n) is 10.3. The van der Waals surface area contributed by atoms with Crippen LogP contribution in [0.5, 0.6) is 5.75 Å². The second-order valence-electron chi connectivity index (χ2n) is 7.47. The molecule has 32 heavy (non-hydrogen) atoms. The second kappa shape index (κ2) is 9.32. The van der Waals surface area contributed by atoms with Gasteiger partial charge in [-0.15, -0.1) is 0 Å². The molecule has 1 heterocycles. The van der Waals surface area contributed by atoms with Crippen LogP contribution in [0.2, 0.25) is 0 Å². The fourth-order valence-corrected chi connectivity index (χ4v) is 4.70. The van der Waals surface area contributed by atoms with E-state index in [1.54, 1.807) is 36.4 Å². The van der Waals surface area contributed by atoms with E-state index in [4.69, 9.17) is 4.74 Å². The molecule has 0 atom stereocenters. The Morgan fingerprint density at radius 1 is 0.844 bits per heavy atom. The van der Waals surface area contributed by atoms with E-state index in [2.05, 4.69) is 21.8 Å². The lowest BCUT2D eigenvalue weighted by molar-refractivity contribution is 0.0747. The van der Waals surface area contributed by atoms with Gasteiger partial charge in [-0.05, 0) is 60.7 Å². The molecule has 0 unspecified atom stereocenters. The number of methoxy groups -OCH3 is 1. The summed E-state index contributed by atoms with van der Waals surface area (Å²) in [6.45, 7) is 2.82. The molecule has 1 saturated heterocycles. The van der Waals surface area contributed by atoms with E-state index in [-0.39, 0.29) is 10.8 Å². The minimum absolute atomic E-state index is 0.0535. The Labute approximate surface area is 188 Å². The third kappa shape index (κ3) is 4.86. The van der Waals surface area contributed by atoms with Crippen molar-refractivity contribution in [1.29, 1.82) is 0 Å². The molecule has 1 aliphatic heterocycles. The van der Waals surface area contributed by atoms with Gasteiger partial charge in [-0.3, -0.25) is 9.52 Å². The number of nitrogens with one attached hydrogen (secondary N) is 1. The molecule has 7 nitrogen and oxygen atoms in total.